The molecule has 1 fully saturated rings. The molecule has 3 atom stereocenters. The Morgan fingerprint density at radius 3 is 2.03 bits per heavy atom. The molecule has 0 spiro atoms. The van der Waals surface area contributed by atoms with E-state index in [1.807, 2.05) is 31.2 Å². The maximum Gasteiger partial charge on any atom is 0.407 e. The van der Waals surface area contributed by atoms with Crippen molar-refractivity contribution in [2.75, 3.05) is 6.26 Å². The van der Waals surface area contributed by atoms with Crippen LogP contribution in [0.1, 0.15) is 51.6 Å². The first kappa shape index (κ1) is 27.9. The number of hydrogen-bond donors (Lipinski definition) is 2. The molecule has 36 heavy (non-hydrogen) atoms. The molecule has 1 aliphatic rings. The SMILES string of the molecule is C#CC1(NC(=O)[C@H](CC(C)(C)F)N[C@@H](c2ccc(-c3ccc(/S(C)=C/C)cc3)cc2)C(F)(F)F)CC1. The van der Waals surface area contributed by atoms with E-state index in [2.05, 4.69) is 28.2 Å². The molecule has 0 heterocycles. The van der Waals surface area contributed by atoms with Gasteiger partial charge in [-0.2, -0.15) is 23.7 Å². The van der Waals surface area contributed by atoms with E-state index >= 15 is 0 Å². The smallest absolute Gasteiger partial charge is 0.338 e. The lowest BCUT2D eigenvalue weighted by Gasteiger charge is -2.30. The molecule has 3 nitrogen and oxygen atoms in total. The van der Waals surface area contributed by atoms with E-state index in [0.717, 1.165) is 11.1 Å². The summed E-state index contributed by atoms with van der Waals surface area (Å²) in [4.78, 5) is 14.0. The molecule has 1 aliphatic carbocycles. The largest absolute Gasteiger partial charge is 0.407 e. The number of alkyl halides is 4. The maximum absolute atomic E-state index is 14.5. The van der Waals surface area contributed by atoms with Crippen molar-refractivity contribution in [3.8, 4) is 23.5 Å². The highest BCUT2D eigenvalue weighted by Crippen LogP contribution is 2.37. The van der Waals surface area contributed by atoms with Crippen LogP contribution in [0.4, 0.5) is 17.6 Å². The Hall–Kier alpha value is -2.63. The van der Waals surface area contributed by atoms with E-state index in [0.29, 0.717) is 12.8 Å². The highest BCUT2D eigenvalue weighted by Gasteiger charge is 2.47. The first-order valence-electron chi connectivity index (χ1n) is 11.7. The first-order valence-corrected chi connectivity index (χ1v) is 13.4. The lowest BCUT2D eigenvalue weighted by molar-refractivity contribution is -0.161. The van der Waals surface area contributed by atoms with Crippen molar-refractivity contribution in [1.29, 1.82) is 0 Å². The minimum Gasteiger partial charge on any atom is -0.338 e. The maximum atomic E-state index is 14.5. The van der Waals surface area contributed by atoms with Gasteiger partial charge in [-0.1, -0.05) is 47.7 Å². The molecule has 0 bridgehead atoms. The van der Waals surface area contributed by atoms with Gasteiger partial charge in [0.2, 0.25) is 5.91 Å². The molecule has 0 aromatic heterocycles. The van der Waals surface area contributed by atoms with Crippen molar-refractivity contribution in [3.05, 3.63) is 54.1 Å². The minimum absolute atomic E-state index is 0.0259. The van der Waals surface area contributed by atoms with Crippen molar-refractivity contribution in [2.24, 2.45) is 0 Å². The Bertz CT molecular complexity index is 1140. The van der Waals surface area contributed by atoms with Crippen LogP contribution in [0.2, 0.25) is 0 Å². The number of halogens is 4. The summed E-state index contributed by atoms with van der Waals surface area (Å²) in [5.74, 6) is 1.74. The number of carbonyl (C=O) groups excluding carboxylic acids is 1. The third kappa shape index (κ3) is 7.21. The van der Waals surface area contributed by atoms with E-state index in [1.165, 1.54) is 30.9 Å². The van der Waals surface area contributed by atoms with E-state index in [1.54, 1.807) is 12.1 Å². The van der Waals surface area contributed by atoms with Crippen LogP contribution in [0.25, 0.3) is 11.1 Å². The van der Waals surface area contributed by atoms with Gasteiger partial charge < -0.3 is 5.32 Å². The third-order valence-corrected chi connectivity index (χ3v) is 7.97. The van der Waals surface area contributed by atoms with Gasteiger partial charge in [0.25, 0.3) is 0 Å². The van der Waals surface area contributed by atoms with Gasteiger partial charge in [-0.15, -0.1) is 6.42 Å². The summed E-state index contributed by atoms with van der Waals surface area (Å²) >= 11 is 0. The van der Waals surface area contributed by atoms with Crippen LogP contribution in [0.5, 0.6) is 0 Å². The van der Waals surface area contributed by atoms with Crippen LogP contribution in [0.15, 0.2) is 53.4 Å². The molecule has 1 saturated carbocycles. The minimum atomic E-state index is -4.71. The molecule has 3 rings (SSSR count). The topological polar surface area (TPSA) is 41.1 Å². The van der Waals surface area contributed by atoms with Gasteiger partial charge in [0.1, 0.15) is 17.2 Å². The number of hydrogen-bond acceptors (Lipinski definition) is 2. The summed E-state index contributed by atoms with van der Waals surface area (Å²) in [5, 5.41) is 7.11. The van der Waals surface area contributed by atoms with Gasteiger partial charge >= 0.3 is 6.18 Å². The average molecular weight is 521 g/mol. The molecule has 8 heteroatoms. The van der Waals surface area contributed by atoms with Crippen LogP contribution in [0, 0.1) is 12.3 Å². The van der Waals surface area contributed by atoms with E-state index in [9.17, 15) is 22.4 Å². The Morgan fingerprint density at radius 2 is 1.61 bits per heavy atom. The zero-order valence-corrected chi connectivity index (χ0v) is 21.7. The quantitative estimate of drug-likeness (QED) is 0.228. The fourth-order valence-corrected chi connectivity index (χ4v) is 4.75. The summed E-state index contributed by atoms with van der Waals surface area (Å²) in [6, 6.07) is 10.3. The van der Waals surface area contributed by atoms with Crippen LogP contribution in [-0.2, 0) is 4.79 Å². The van der Waals surface area contributed by atoms with Crippen molar-refractivity contribution in [2.45, 2.75) is 74.4 Å². The van der Waals surface area contributed by atoms with Crippen LogP contribution < -0.4 is 10.6 Å². The Morgan fingerprint density at radius 1 is 1.08 bits per heavy atom. The zero-order chi connectivity index (χ0) is 26.7. The molecule has 1 amide bonds. The highest BCUT2D eigenvalue weighted by atomic mass is 32.2. The zero-order valence-electron chi connectivity index (χ0n) is 20.9. The standard InChI is InChI=1S/C28H32F4N2OS/c1-6-27(16-17-27)34-25(35)23(18-26(3,4)29)33-24(28(30,31)32)21-10-8-19(9-11-21)20-12-14-22(15-13-20)36(5)7-2/h1,7-15,23-24,33H,16-18H2,2-5H3,(H,34,35)/t23-,24-,36?/m0/s1. The molecule has 2 aromatic rings. The highest BCUT2D eigenvalue weighted by molar-refractivity contribution is 8.14. The van der Waals surface area contributed by atoms with Gasteiger partial charge in [0.05, 0.1) is 6.04 Å². The summed E-state index contributed by atoms with van der Waals surface area (Å²) in [6.45, 7) is 4.46. The third-order valence-electron chi connectivity index (χ3n) is 6.25. The van der Waals surface area contributed by atoms with Crippen LogP contribution >= 0.6 is 10.5 Å². The second-order valence-electron chi connectivity index (χ2n) is 9.77. The summed E-state index contributed by atoms with van der Waals surface area (Å²) in [7, 11) is 0.0259. The average Bonchev–Trinajstić information content (AvgIpc) is 3.59. The van der Waals surface area contributed by atoms with E-state index in [-0.39, 0.29) is 16.0 Å². The van der Waals surface area contributed by atoms with E-state index in [4.69, 9.17) is 6.42 Å². The van der Waals surface area contributed by atoms with Gasteiger partial charge in [-0.05, 0) is 68.7 Å². The van der Waals surface area contributed by atoms with Crippen molar-refractivity contribution < 1.29 is 22.4 Å². The van der Waals surface area contributed by atoms with Crippen LogP contribution in [0.3, 0.4) is 0 Å². The molecule has 0 saturated heterocycles. The first-order chi connectivity index (χ1) is 16.8. The molecule has 194 valence electrons. The van der Waals surface area contributed by atoms with Gasteiger partial charge in [0, 0.05) is 11.3 Å². The fourth-order valence-electron chi connectivity index (χ4n) is 3.91. The van der Waals surface area contributed by atoms with Gasteiger partial charge in [-0.3, -0.25) is 10.1 Å². The molecular formula is C28H32F4N2OS. The van der Waals surface area contributed by atoms with Gasteiger partial charge in [0.15, 0.2) is 0 Å². The van der Waals surface area contributed by atoms with Crippen molar-refractivity contribution >= 4 is 21.8 Å². The summed E-state index contributed by atoms with van der Waals surface area (Å²) in [5.41, 5.74) is -1.13. The normalized spacial score (nSPS) is 17.6. The fraction of sp³-hybridized carbons (Fsp3) is 0.429. The second-order valence-corrected chi connectivity index (χ2v) is 11.8. The number of carbonyl (C=O) groups is 1. The van der Waals surface area contributed by atoms with Crippen LogP contribution in [-0.4, -0.2) is 41.0 Å². The molecule has 0 aliphatic heterocycles. The lowest BCUT2D eigenvalue weighted by Crippen LogP contribution is -2.53. The number of terminal acetylenes is 1. The van der Waals surface area contributed by atoms with Gasteiger partial charge in [-0.25, -0.2) is 4.39 Å². The van der Waals surface area contributed by atoms with Crippen molar-refractivity contribution in [3.63, 3.8) is 0 Å². The number of rotatable bonds is 9. The number of amides is 1. The Balaban J connectivity index is 1.85. The molecule has 2 aromatic carbocycles. The molecule has 1 unspecified atom stereocenters. The number of nitrogens with one attached hydrogen (secondary N) is 2. The van der Waals surface area contributed by atoms with Crippen molar-refractivity contribution in [1.82, 2.24) is 10.6 Å². The molecule has 0 radical (unpaired) electrons. The number of benzene rings is 2. The second kappa shape index (κ2) is 10.8. The Kier molecular flexibility index (Phi) is 8.37. The Labute approximate surface area is 213 Å². The molecule has 2 N–H and O–H groups in total. The van der Waals surface area contributed by atoms with E-state index < -0.39 is 41.8 Å². The predicted octanol–water partition coefficient (Wildman–Crippen LogP) is 6.42. The summed E-state index contributed by atoms with van der Waals surface area (Å²) in [6.07, 6.45) is 3.51. The lowest BCUT2D eigenvalue weighted by atomic mass is 9.96. The summed E-state index contributed by atoms with van der Waals surface area (Å²) < 4.78 is 56.9. The predicted molar refractivity (Wildman–Crippen MR) is 140 cm³/mol. The monoisotopic (exact) mass is 520 g/mol. The molecular weight excluding hydrogens is 488 g/mol.